The Labute approximate surface area is 292 Å². The van der Waals surface area contributed by atoms with Crippen LogP contribution in [0.15, 0.2) is 4.99 Å². The van der Waals surface area contributed by atoms with Crippen molar-refractivity contribution < 1.29 is 19.2 Å². The zero-order chi connectivity index (χ0) is 36.8. The molecule has 8 nitrogen and oxygen atoms in total. The van der Waals surface area contributed by atoms with Crippen molar-refractivity contribution in [1.29, 1.82) is 0 Å². The van der Waals surface area contributed by atoms with Gasteiger partial charge in [0, 0.05) is 18.4 Å². The van der Waals surface area contributed by atoms with Gasteiger partial charge in [-0.2, -0.15) is 0 Å². The first-order chi connectivity index (χ1) is 21.4. The van der Waals surface area contributed by atoms with Gasteiger partial charge in [-0.3, -0.25) is 9.79 Å². The average molecular weight is 671 g/mol. The summed E-state index contributed by atoms with van der Waals surface area (Å²) in [6.45, 7) is 28.4. The summed E-state index contributed by atoms with van der Waals surface area (Å²) in [5.41, 5.74) is 15.7. The van der Waals surface area contributed by atoms with Gasteiger partial charge in [-0.1, -0.05) is 82.6 Å². The number of aliphatic imine (C=N–C) groups is 1. The van der Waals surface area contributed by atoms with Gasteiger partial charge < -0.3 is 31.6 Å². The predicted octanol–water partition coefficient (Wildman–Crippen LogP) is 8.67. The van der Waals surface area contributed by atoms with Gasteiger partial charge in [0.25, 0.3) is 0 Å². The Hall–Kier alpha value is -2.09. The minimum Gasteiger partial charge on any atom is -0.370 e. The highest BCUT2D eigenvalue weighted by atomic mass is 16.1. The normalized spacial score (nSPS) is 19.4. The van der Waals surface area contributed by atoms with E-state index in [0.717, 1.165) is 86.6 Å². The molecule has 0 aromatic rings. The molecular weight excluding hydrogens is 588 g/mol. The Bertz CT molecular complexity index is 767. The molecule has 0 heterocycles. The SMILES string of the molecule is C.CC(C)=O.CC(C)C[C@@H](C)C1C(C)C(C)C1C.CC=O.CCCCC(CC(C)C)C(C)=O.NCCCC(C=O)CCCN=C(N)N. The minimum atomic E-state index is 0. The maximum atomic E-state index is 11.2. The minimum absolute atomic E-state index is 0. The number of carbonyl (C=O) groups excluding carboxylic acids is 4. The van der Waals surface area contributed by atoms with Crippen LogP contribution in [0.4, 0.5) is 0 Å². The molecule has 0 bridgehead atoms. The Morgan fingerprint density at radius 1 is 0.787 bits per heavy atom. The average Bonchev–Trinajstić information content (AvgIpc) is 2.94. The van der Waals surface area contributed by atoms with E-state index in [9.17, 15) is 14.4 Å². The first kappa shape index (κ1) is 54.4. The van der Waals surface area contributed by atoms with Gasteiger partial charge in [0.1, 0.15) is 24.1 Å². The Morgan fingerprint density at radius 2 is 1.23 bits per heavy atom. The molecule has 8 heteroatoms. The molecule has 0 aromatic carbocycles. The van der Waals surface area contributed by atoms with Gasteiger partial charge >= 0.3 is 0 Å². The lowest BCUT2D eigenvalue weighted by molar-refractivity contribution is -0.121. The number of aldehydes is 2. The Balaban J connectivity index is -0.000000169. The molecule has 1 rings (SSSR count). The number of nitrogens with two attached hydrogens (primary N) is 3. The quantitative estimate of drug-likeness (QED) is 0.0604. The van der Waals surface area contributed by atoms with Crippen LogP contribution in [0.25, 0.3) is 0 Å². The van der Waals surface area contributed by atoms with Crippen molar-refractivity contribution in [2.45, 2.75) is 155 Å². The number of Topliss-reactive ketones (excluding diaryl/α,β-unsaturated/α-hetero) is 2. The molecule has 282 valence electrons. The van der Waals surface area contributed by atoms with Crippen LogP contribution in [0.3, 0.4) is 0 Å². The summed E-state index contributed by atoms with van der Waals surface area (Å²) in [6, 6.07) is 0. The predicted molar refractivity (Wildman–Crippen MR) is 205 cm³/mol. The third kappa shape index (κ3) is 35.0. The molecule has 0 aliphatic heterocycles. The summed E-state index contributed by atoms with van der Waals surface area (Å²) in [7, 11) is 0. The van der Waals surface area contributed by atoms with E-state index in [1.807, 2.05) is 0 Å². The van der Waals surface area contributed by atoms with Crippen molar-refractivity contribution in [3.63, 3.8) is 0 Å². The molecule has 4 unspecified atom stereocenters. The van der Waals surface area contributed by atoms with Crippen LogP contribution in [-0.4, -0.2) is 43.2 Å². The number of ketones is 2. The molecule has 6 N–H and O–H groups in total. The number of hydrogen-bond acceptors (Lipinski definition) is 6. The summed E-state index contributed by atoms with van der Waals surface area (Å²) in [5, 5.41) is 0. The summed E-state index contributed by atoms with van der Waals surface area (Å²) >= 11 is 0. The molecule has 5 atom stereocenters. The van der Waals surface area contributed by atoms with Gasteiger partial charge in [-0.25, -0.2) is 0 Å². The van der Waals surface area contributed by atoms with E-state index in [0.29, 0.717) is 30.7 Å². The van der Waals surface area contributed by atoms with Crippen LogP contribution in [-0.2, 0) is 19.2 Å². The zero-order valence-electron chi connectivity index (χ0n) is 32.4. The van der Waals surface area contributed by atoms with Crippen molar-refractivity contribution in [2.24, 2.45) is 75.5 Å². The van der Waals surface area contributed by atoms with E-state index in [1.165, 1.54) is 40.0 Å². The van der Waals surface area contributed by atoms with Crippen LogP contribution < -0.4 is 17.2 Å². The first-order valence-corrected chi connectivity index (χ1v) is 18.0. The highest BCUT2D eigenvalue weighted by Gasteiger charge is 2.44. The fourth-order valence-electron chi connectivity index (χ4n) is 6.18. The van der Waals surface area contributed by atoms with E-state index in [2.05, 4.69) is 67.3 Å². The van der Waals surface area contributed by atoms with Crippen molar-refractivity contribution in [1.82, 2.24) is 0 Å². The van der Waals surface area contributed by atoms with E-state index in [1.54, 1.807) is 6.92 Å². The fraction of sp³-hybridized carbons (Fsp3) is 0.872. The number of carbonyl (C=O) groups is 4. The van der Waals surface area contributed by atoms with Gasteiger partial charge in [-0.15, -0.1) is 0 Å². The number of unbranched alkanes of at least 4 members (excludes halogenated alkanes) is 1. The molecule has 0 saturated heterocycles. The molecule has 1 aliphatic rings. The van der Waals surface area contributed by atoms with Gasteiger partial charge in [0.05, 0.1) is 0 Å². The number of hydrogen-bond donors (Lipinski definition) is 3. The topological polar surface area (TPSA) is 159 Å². The second-order valence-electron chi connectivity index (χ2n) is 14.3. The lowest BCUT2D eigenvalue weighted by Crippen LogP contribution is -2.45. The van der Waals surface area contributed by atoms with E-state index < -0.39 is 0 Å². The molecule has 1 aliphatic carbocycles. The Kier molecular flexibility index (Phi) is 40.7. The largest absolute Gasteiger partial charge is 0.370 e. The third-order valence-corrected chi connectivity index (χ3v) is 8.61. The number of nitrogens with zero attached hydrogens (tertiary/aromatic N) is 1. The van der Waals surface area contributed by atoms with Crippen molar-refractivity contribution in [3.8, 4) is 0 Å². The van der Waals surface area contributed by atoms with E-state index in [-0.39, 0.29) is 25.1 Å². The summed E-state index contributed by atoms with van der Waals surface area (Å²) < 4.78 is 0. The van der Waals surface area contributed by atoms with Crippen molar-refractivity contribution in [3.05, 3.63) is 0 Å². The van der Waals surface area contributed by atoms with Crippen LogP contribution in [0.1, 0.15) is 155 Å². The molecule has 1 fully saturated rings. The second-order valence-corrected chi connectivity index (χ2v) is 14.3. The van der Waals surface area contributed by atoms with Crippen molar-refractivity contribution >= 4 is 30.1 Å². The van der Waals surface area contributed by atoms with E-state index in [4.69, 9.17) is 22.0 Å². The van der Waals surface area contributed by atoms with E-state index >= 15 is 0 Å². The summed E-state index contributed by atoms with van der Waals surface area (Å²) in [6.07, 6.45) is 11.1. The van der Waals surface area contributed by atoms with Crippen LogP contribution in [0.5, 0.6) is 0 Å². The molecule has 0 spiro atoms. The van der Waals surface area contributed by atoms with Crippen molar-refractivity contribution in [2.75, 3.05) is 13.1 Å². The highest BCUT2D eigenvalue weighted by molar-refractivity contribution is 5.78. The monoisotopic (exact) mass is 671 g/mol. The molecule has 0 amide bonds. The lowest BCUT2D eigenvalue weighted by Gasteiger charge is -2.51. The number of guanidine groups is 1. The fourth-order valence-corrected chi connectivity index (χ4v) is 6.18. The number of rotatable bonds is 17. The molecular formula is C39H82N4O4. The van der Waals surface area contributed by atoms with Crippen LogP contribution in [0.2, 0.25) is 0 Å². The Morgan fingerprint density at radius 3 is 1.57 bits per heavy atom. The zero-order valence-corrected chi connectivity index (χ0v) is 32.4. The second kappa shape index (κ2) is 35.2. The maximum absolute atomic E-state index is 11.2. The van der Waals surface area contributed by atoms with Crippen LogP contribution in [0, 0.1) is 53.3 Å². The third-order valence-electron chi connectivity index (χ3n) is 8.61. The maximum Gasteiger partial charge on any atom is 0.185 e. The van der Waals surface area contributed by atoms with Crippen LogP contribution >= 0.6 is 0 Å². The first-order valence-electron chi connectivity index (χ1n) is 18.0. The molecule has 0 aromatic heterocycles. The summed E-state index contributed by atoms with van der Waals surface area (Å²) in [5.74, 6) is 7.40. The molecule has 0 radical (unpaired) electrons. The van der Waals surface area contributed by atoms with Gasteiger partial charge in [0.15, 0.2) is 5.96 Å². The van der Waals surface area contributed by atoms with Gasteiger partial charge in [-0.05, 0) is 121 Å². The summed E-state index contributed by atoms with van der Waals surface area (Å²) in [4.78, 5) is 43.9. The lowest BCUT2D eigenvalue weighted by atomic mass is 9.54. The highest BCUT2D eigenvalue weighted by Crippen LogP contribution is 2.50. The molecule has 47 heavy (non-hydrogen) atoms. The smallest absolute Gasteiger partial charge is 0.185 e. The van der Waals surface area contributed by atoms with Gasteiger partial charge in [0.2, 0.25) is 0 Å². The molecule has 1 saturated carbocycles. The standard InChI is InChI=1S/C13H26.C11H22O.C9H20N4O.C3H6O.C2H4O.CH4/c1-8(2)7-9(3)13-11(5)10(4)12(13)6;1-5-6-7-11(10(4)12)8-9(2)3;10-5-1-3-8(7-14)4-2-6-13-9(11)12;1-3(2)4;1-2-3;/h8-13H,7H2,1-6H3;9,11H,5-8H2,1-4H3;7-8H,1-6,10H2,(H4,11,12,13);1-2H3;2H,1H3;1H4/t9-,10?,11?,12?,13?;;;;;/m1...../s1.